The molecule has 4 rings (SSSR count). The molecular weight excluding hydrogens is 414 g/mol. The number of nitrogens with one attached hydrogen (secondary N) is 2. The quantitative estimate of drug-likeness (QED) is 0.491. The largest absolute Gasteiger partial charge is 0.376 e. The molecule has 1 saturated heterocycles. The number of nitrogens with zero attached hydrogens (tertiary/aromatic N) is 1. The molecule has 1 aliphatic rings. The molecule has 2 N–H and O–H groups in total. The first-order valence-electron chi connectivity index (χ1n) is 10.0. The van der Waals surface area contributed by atoms with E-state index in [2.05, 4.69) is 53.0 Å². The van der Waals surface area contributed by atoms with E-state index in [-0.39, 0.29) is 12.0 Å². The maximum Gasteiger partial charge on any atom is 0.230 e. The van der Waals surface area contributed by atoms with Crippen molar-refractivity contribution < 1.29 is 9.53 Å². The summed E-state index contributed by atoms with van der Waals surface area (Å²) < 4.78 is 5.57. The summed E-state index contributed by atoms with van der Waals surface area (Å²) in [5, 5.41) is 3.81. The Morgan fingerprint density at radius 1 is 1.17 bits per heavy atom. The number of aromatic nitrogens is 2. The normalized spacial score (nSPS) is 16.0. The lowest BCUT2D eigenvalue weighted by Gasteiger charge is -2.10. The summed E-state index contributed by atoms with van der Waals surface area (Å²) in [6, 6.07) is 18.4. The van der Waals surface area contributed by atoms with Gasteiger partial charge in [-0.05, 0) is 31.2 Å². The van der Waals surface area contributed by atoms with Gasteiger partial charge < -0.3 is 15.0 Å². The molecular formula is C23H25N3O2S2. The van der Waals surface area contributed by atoms with Crippen molar-refractivity contribution in [3.63, 3.8) is 0 Å². The van der Waals surface area contributed by atoms with Crippen LogP contribution >= 0.6 is 23.5 Å². The van der Waals surface area contributed by atoms with Crippen molar-refractivity contribution >= 4 is 29.4 Å². The van der Waals surface area contributed by atoms with Gasteiger partial charge in [-0.25, -0.2) is 4.98 Å². The molecule has 0 spiro atoms. The Kier molecular flexibility index (Phi) is 7.15. The second-order valence-corrected chi connectivity index (χ2v) is 8.93. The minimum Gasteiger partial charge on any atom is -0.376 e. The molecule has 1 fully saturated rings. The molecule has 1 aliphatic heterocycles. The van der Waals surface area contributed by atoms with E-state index in [1.54, 1.807) is 11.8 Å². The van der Waals surface area contributed by atoms with Gasteiger partial charge in [0.25, 0.3) is 0 Å². The van der Waals surface area contributed by atoms with Gasteiger partial charge in [-0.3, -0.25) is 4.79 Å². The number of imidazole rings is 1. The molecule has 1 aromatic heterocycles. The van der Waals surface area contributed by atoms with Crippen LogP contribution in [0.5, 0.6) is 0 Å². The van der Waals surface area contributed by atoms with Crippen LogP contribution in [-0.4, -0.2) is 47.1 Å². The average Bonchev–Trinajstić information content (AvgIpc) is 3.47. The molecule has 0 aliphatic carbocycles. The Bertz CT molecular complexity index is 968. The molecule has 0 radical (unpaired) electrons. The van der Waals surface area contributed by atoms with Crippen molar-refractivity contribution in [3.8, 4) is 22.6 Å². The molecule has 0 saturated carbocycles. The molecule has 5 nitrogen and oxygen atoms in total. The Labute approximate surface area is 185 Å². The van der Waals surface area contributed by atoms with E-state index in [1.165, 1.54) is 16.7 Å². The number of aromatic amines is 1. The van der Waals surface area contributed by atoms with Crippen LogP contribution in [0.1, 0.15) is 12.8 Å². The van der Waals surface area contributed by atoms with Crippen LogP contribution in [0.15, 0.2) is 64.5 Å². The average molecular weight is 440 g/mol. The van der Waals surface area contributed by atoms with Gasteiger partial charge in [-0.15, -0.1) is 11.8 Å². The van der Waals surface area contributed by atoms with Gasteiger partial charge in [0.15, 0.2) is 0 Å². The first kappa shape index (κ1) is 21.0. The summed E-state index contributed by atoms with van der Waals surface area (Å²) >= 11 is 3.17. The predicted molar refractivity (Wildman–Crippen MR) is 124 cm³/mol. The number of carbonyl (C=O) groups excluding carboxylic acids is 1. The first-order valence-corrected chi connectivity index (χ1v) is 12.2. The van der Waals surface area contributed by atoms with Gasteiger partial charge in [0, 0.05) is 29.2 Å². The maximum absolute atomic E-state index is 12.3. The highest BCUT2D eigenvalue weighted by atomic mass is 32.2. The van der Waals surface area contributed by atoms with E-state index < -0.39 is 0 Å². The van der Waals surface area contributed by atoms with E-state index in [0.717, 1.165) is 47.1 Å². The summed E-state index contributed by atoms with van der Waals surface area (Å²) in [7, 11) is 0. The van der Waals surface area contributed by atoms with Crippen molar-refractivity contribution in [2.45, 2.75) is 28.9 Å². The van der Waals surface area contributed by atoms with Crippen molar-refractivity contribution in [1.29, 1.82) is 0 Å². The SMILES string of the molecule is CSc1ccc(-c2nc(SCC(=O)NC[C@@H]3CCCO3)c(-c3ccccc3)[nH]2)cc1. The van der Waals surface area contributed by atoms with Crippen LogP contribution in [0.3, 0.4) is 0 Å². The number of benzene rings is 2. The second-order valence-electron chi connectivity index (χ2n) is 7.09. The summed E-state index contributed by atoms with van der Waals surface area (Å²) in [6.07, 6.45) is 4.31. The van der Waals surface area contributed by atoms with Gasteiger partial charge in [-0.2, -0.15) is 0 Å². The smallest absolute Gasteiger partial charge is 0.230 e. The highest BCUT2D eigenvalue weighted by molar-refractivity contribution is 8.00. The Morgan fingerprint density at radius 3 is 2.67 bits per heavy atom. The predicted octanol–water partition coefficient (Wildman–Crippen LogP) is 4.85. The van der Waals surface area contributed by atoms with Gasteiger partial charge in [0.1, 0.15) is 10.9 Å². The minimum atomic E-state index is 0.00313. The third kappa shape index (κ3) is 5.28. The Morgan fingerprint density at radius 2 is 1.97 bits per heavy atom. The molecule has 2 heterocycles. The van der Waals surface area contributed by atoms with Gasteiger partial charge in [-0.1, -0.05) is 54.2 Å². The zero-order valence-corrected chi connectivity index (χ0v) is 18.5. The lowest BCUT2D eigenvalue weighted by molar-refractivity contribution is -0.119. The molecule has 2 aromatic carbocycles. The second kappa shape index (κ2) is 10.2. The van der Waals surface area contributed by atoms with E-state index in [9.17, 15) is 4.79 Å². The van der Waals surface area contributed by atoms with Crippen LogP contribution in [-0.2, 0) is 9.53 Å². The van der Waals surface area contributed by atoms with Gasteiger partial charge in [0.2, 0.25) is 5.91 Å². The summed E-state index contributed by atoms with van der Waals surface area (Å²) in [4.78, 5) is 21.8. The molecule has 7 heteroatoms. The number of hydrogen-bond acceptors (Lipinski definition) is 5. The van der Waals surface area contributed by atoms with Crippen molar-refractivity contribution in [2.24, 2.45) is 0 Å². The number of carbonyl (C=O) groups is 1. The van der Waals surface area contributed by atoms with E-state index in [4.69, 9.17) is 9.72 Å². The Balaban J connectivity index is 1.49. The standard InChI is InChI=1S/C23H25N3O2S2/c1-29-19-11-9-17(10-12-19)22-25-21(16-6-3-2-4-7-16)23(26-22)30-15-20(27)24-14-18-8-5-13-28-18/h2-4,6-7,9-12,18H,5,8,13-15H2,1H3,(H,24,27)(H,25,26)/t18-/m0/s1. The lowest BCUT2D eigenvalue weighted by Crippen LogP contribution is -2.32. The minimum absolute atomic E-state index is 0.00313. The lowest BCUT2D eigenvalue weighted by atomic mass is 10.2. The molecule has 0 bridgehead atoms. The first-order chi connectivity index (χ1) is 14.7. The highest BCUT2D eigenvalue weighted by Gasteiger charge is 2.18. The van der Waals surface area contributed by atoms with Crippen molar-refractivity contribution in [1.82, 2.24) is 15.3 Å². The molecule has 156 valence electrons. The number of amides is 1. The van der Waals surface area contributed by atoms with Gasteiger partial charge in [0.05, 0.1) is 17.6 Å². The van der Waals surface area contributed by atoms with Crippen LogP contribution in [0.4, 0.5) is 0 Å². The van der Waals surface area contributed by atoms with Crippen molar-refractivity contribution in [3.05, 3.63) is 54.6 Å². The van der Waals surface area contributed by atoms with Crippen LogP contribution in [0, 0.1) is 0 Å². The molecule has 1 atom stereocenters. The van der Waals surface area contributed by atoms with E-state index in [0.29, 0.717) is 12.3 Å². The van der Waals surface area contributed by atoms with E-state index >= 15 is 0 Å². The monoisotopic (exact) mass is 439 g/mol. The van der Waals surface area contributed by atoms with Crippen LogP contribution in [0.2, 0.25) is 0 Å². The fourth-order valence-electron chi connectivity index (χ4n) is 3.37. The molecule has 0 unspecified atom stereocenters. The van der Waals surface area contributed by atoms with Crippen LogP contribution < -0.4 is 5.32 Å². The van der Waals surface area contributed by atoms with Crippen LogP contribution in [0.25, 0.3) is 22.6 Å². The number of thioether (sulfide) groups is 2. The summed E-state index contributed by atoms with van der Waals surface area (Å²) in [5.74, 6) is 1.13. The molecule has 3 aromatic rings. The maximum atomic E-state index is 12.3. The molecule has 1 amide bonds. The highest BCUT2D eigenvalue weighted by Crippen LogP contribution is 2.32. The third-order valence-corrected chi connectivity index (χ3v) is 6.71. The number of ether oxygens (including phenoxy) is 1. The topological polar surface area (TPSA) is 67.0 Å². The fourth-order valence-corrected chi connectivity index (χ4v) is 4.61. The Hall–Kier alpha value is -2.22. The zero-order chi connectivity index (χ0) is 20.8. The number of H-pyrrole nitrogens is 1. The number of hydrogen-bond donors (Lipinski definition) is 2. The number of rotatable bonds is 8. The van der Waals surface area contributed by atoms with E-state index in [1.807, 2.05) is 18.2 Å². The fraction of sp³-hybridized carbons (Fsp3) is 0.304. The third-order valence-electron chi connectivity index (χ3n) is 4.99. The van der Waals surface area contributed by atoms with Gasteiger partial charge >= 0.3 is 0 Å². The molecule has 30 heavy (non-hydrogen) atoms. The summed E-state index contributed by atoms with van der Waals surface area (Å²) in [5.41, 5.74) is 3.02. The summed E-state index contributed by atoms with van der Waals surface area (Å²) in [6.45, 7) is 1.38. The zero-order valence-electron chi connectivity index (χ0n) is 16.9. The van der Waals surface area contributed by atoms with Crippen molar-refractivity contribution in [2.75, 3.05) is 25.2 Å².